The van der Waals surface area contributed by atoms with Crippen LogP contribution >= 0.6 is 0 Å². The zero-order chi connectivity index (χ0) is 11.4. The molecule has 0 aromatic rings. The van der Waals surface area contributed by atoms with Crippen molar-refractivity contribution in [3.63, 3.8) is 0 Å². The minimum atomic E-state index is -0.341. The monoisotopic (exact) mass is 207 g/mol. The van der Waals surface area contributed by atoms with Gasteiger partial charge in [-0.15, -0.1) is 0 Å². The standard InChI is InChI=1S/C11H17N3O/c1-4-11(15)14-6-5-13(9(2)3)8-10(14)7-12/h4,9-10H,1,5-6,8H2,2-3H3/t10-/m1/s1. The molecule has 15 heavy (non-hydrogen) atoms. The fraction of sp³-hybridized carbons (Fsp3) is 0.636. The average molecular weight is 207 g/mol. The van der Waals surface area contributed by atoms with Crippen molar-refractivity contribution in [2.75, 3.05) is 19.6 Å². The summed E-state index contributed by atoms with van der Waals surface area (Å²) in [4.78, 5) is 15.2. The lowest BCUT2D eigenvalue weighted by molar-refractivity contribution is -0.129. The predicted molar refractivity (Wildman–Crippen MR) is 58.0 cm³/mol. The largest absolute Gasteiger partial charge is 0.321 e. The van der Waals surface area contributed by atoms with Crippen molar-refractivity contribution in [1.82, 2.24) is 9.80 Å². The van der Waals surface area contributed by atoms with E-state index in [-0.39, 0.29) is 11.9 Å². The first-order valence-corrected chi connectivity index (χ1v) is 5.16. The Labute approximate surface area is 90.8 Å². The van der Waals surface area contributed by atoms with E-state index in [1.54, 1.807) is 4.90 Å². The molecule has 1 saturated heterocycles. The molecule has 0 unspecified atom stereocenters. The Morgan fingerprint density at radius 2 is 2.27 bits per heavy atom. The molecule has 1 rings (SSSR count). The Morgan fingerprint density at radius 3 is 2.73 bits per heavy atom. The normalized spacial score (nSPS) is 22.5. The van der Waals surface area contributed by atoms with Gasteiger partial charge in [-0.1, -0.05) is 6.58 Å². The first-order valence-electron chi connectivity index (χ1n) is 5.16. The van der Waals surface area contributed by atoms with Crippen LogP contribution in [-0.2, 0) is 4.79 Å². The van der Waals surface area contributed by atoms with Crippen molar-refractivity contribution in [1.29, 1.82) is 5.26 Å². The van der Waals surface area contributed by atoms with E-state index in [1.807, 2.05) is 0 Å². The van der Waals surface area contributed by atoms with Crippen molar-refractivity contribution in [2.45, 2.75) is 25.9 Å². The minimum absolute atomic E-state index is 0.148. The van der Waals surface area contributed by atoms with Crippen LogP contribution in [0.5, 0.6) is 0 Å². The third-order valence-electron chi connectivity index (χ3n) is 2.75. The van der Waals surface area contributed by atoms with Crippen LogP contribution in [0, 0.1) is 11.3 Å². The van der Waals surface area contributed by atoms with Gasteiger partial charge in [0.15, 0.2) is 0 Å². The summed E-state index contributed by atoms with van der Waals surface area (Å²) in [6.45, 7) is 9.71. The number of rotatable bonds is 2. The molecule has 0 radical (unpaired) electrons. The summed E-state index contributed by atoms with van der Waals surface area (Å²) < 4.78 is 0. The fourth-order valence-corrected chi connectivity index (χ4v) is 1.76. The number of hydrogen-bond acceptors (Lipinski definition) is 3. The highest BCUT2D eigenvalue weighted by molar-refractivity contribution is 5.87. The molecular formula is C11H17N3O. The molecular weight excluding hydrogens is 190 g/mol. The van der Waals surface area contributed by atoms with Gasteiger partial charge in [0.2, 0.25) is 5.91 Å². The first-order chi connectivity index (χ1) is 7.10. The smallest absolute Gasteiger partial charge is 0.247 e. The van der Waals surface area contributed by atoms with Crippen molar-refractivity contribution < 1.29 is 4.79 Å². The van der Waals surface area contributed by atoms with Gasteiger partial charge in [0.05, 0.1) is 6.07 Å². The molecule has 1 aliphatic heterocycles. The van der Waals surface area contributed by atoms with Gasteiger partial charge in [-0.05, 0) is 19.9 Å². The lowest BCUT2D eigenvalue weighted by Crippen LogP contribution is -2.55. The molecule has 0 saturated carbocycles. The Kier molecular flexibility index (Phi) is 3.87. The van der Waals surface area contributed by atoms with Crippen molar-refractivity contribution >= 4 is 5.91 Å². The zero-order valence-corrected chi connectivity index (χ0v) is 9.31. The van der Waals surface area contributed by atoms with Crippen molar-refractivity contribution in [2.24, 2.45) is 0 Å². The molecule has 82 valence electrons. The summed E-state index contributed by atoms with van der Waals surface area (Å²) in [6, 6.07) is 2.25. The molecule has 0 aliphatic carbocycles. The molecule has 1 aliphatic rings. The van der Waals surface area contributed by atoms with Gasteiger partial charge in [0.1, 0.15) is 6.04 Å². The van der Waals surface area contributed by atoms with Crippen LogP contribution in [0.2, 0.25) is 0 Å². The molecule has 4 nitrogen and oxygen atoms in total. The van der Waals surface area contributed by atoms with Crippen LogP contribution in [-0.4, -0.2) is 47.4 Å². The van der Waals surface area contributed by atoms with E-state index < -0.39 is 0 Å². The Hall–Kier alpha value is -1.34. The first kappa shape index (κ1) is 11.7. The molecule has 1 atom stereocenters. The van der Waals surface area contributed by atoms with Crippen LogP contribution in [0.15, 0.2) is 12.7 Å². The summed E-state index contributed by atoms with van der Waals surface area (Å²) in [7, 11) is 0. The predicted octanol–water partition coefficient (Wildman–Crippen LogP) is 0.617. The zero-order valence-electron chi connectivity index (χ0n) is 9.31. The Bertz CT molecular complexity index is 293. The molecule has 0 bridgehead atoms. The summed E-state index contributed by atoms with van der Waals surface area (Å²) in [5.41, 5.74) is 0. The second-order valence-electron chi connectivity index (χ2n) is 3.97. The molecule has 1 heterocycles. The highest BCUT2D eigenvalue weighted by atomic mass is 16.2. The number of nitriles is 1. The van der Waals surface area contributed by atoms with E-state index in [4.69, 9.17) is 5.26 Å². The lowest BCUT2D eigenvalue weighted by Gasteiger charge is -2.39. The molecule has 1 fully saturated rings. The molecule has 0 N–H and O–H groups in total. The minimum Gasteiger partial charge on any atom is -0.321 e. The highest BCUT2D eigenvalue weighted by Crippen LogP contribution is 2.12. The van der Waals surface area contributed by atoms with Gasteiger partial charge in [0, 0.05) is 25.7 Å². The van der Waals surface area contributed by atoms with Crippen molar-refractivity contribution in [3.8, 4) is 6.07 Å². The van der Waals surface area contributed by atoms with Crippen LogP contribution < -0.4 is 0 Å². The molecule has 1 amide bonds. The number of nitrogens with zero attached hydrogens (tertiary/aromatic N) is 3. The number of hydrogen-bond donors (Lipinski definition) is 0. The molecule has 0 aromatic carbocycles. The van der Waals surface area contributed by atoms with Crippen molar-refractivity contribution in [3.05, 3.63) is 12.7 Å². The molecule has 4 heteroatoms. The lowest BCUT2D eigenvalue weighted by atomic mass is 10.1. The van der Waals surface area contributed by atoms with Crippen LogP contribution in [0.3, 0.4) is 0 Å². The summed E-state index contributed by atoms with van der Waals surface area (Å²) in [5, 5.41) is 9.00. The summed E-state index contributed by atoms with van der Waals surface area (Å²) in [5.74, 6) is -0.148. The maximum absolute atomic E-state index is 11.5. The third-order valence-corrected chi connectivity index (χ3v) is 2.75. The Balaban J connectivity index is 2.69. The molecule has 0 spiro atoms. The summed E-state index contributed by atoms with van der Waals surface area (Å²) >= 11 is 0. The highest BCUT2D eigenvalue weighted by Gasteiger charge is 2.29. The number of carbonyl (C=O) groups excluding carboxylic acids is 1. The molecule has 0 aromatic heterocycles. The maximum Gasteiger partial charge on any atom is 0.247 e. The number of piperazine rings is 1. The SMILES string of the molecule is C=CC(=O)N1CCN(C(C)C)C[C@H]1C#N. The van der Waals surface area contributed by atoms with E-state index in [1.165, 1.54) is 6.08 Å². The second-order valence-corrected chi connectivity index (χ2v) is 3.97. The number of carbonyl (C=O) groups is 1. The third kappa shape index (κ3) is 2.57. The van der Waals surface area contributed by atoms with Gasteiger partial charge in [-0.25, -0.2) is 0 Å². The van der Waals surface area contributed by atoms with Gasteiger partial charge in [-0.3, -0.25) is 9.69 Å². The van der Waals surface area contributed by atoms with Crippen LogP contribution in [0.25, 0.3) is 0 Å². The Morgan fingerprint density at radius 1 is 1.60 bits per heavy atom. The van der Waals surface area contributed by atoms with E-state index in [9.17, 15) is 4.79 Å². The second kappa shape index (κ2) is 4.94. The fourth-order valence-electron chi connectivity index (χ4n) is 1.76. The van der Waals surface area contributed by atoms with Gasteiger partial charge in [0.25, 0.3) is 0 Å². The number of amides is 1. The quantitative estimate of drug-likeness (QED) is 0.623. The summed E-state index contributed by atoms with van der Waals surface area (Å²) in [6.07, 6.45) is 1.27. The van der Waals surface area contributed by atoms with Crippen LogP contribution in [0.4, 0.5) is 0 Å². The van der Waals surface area contributed by atoms with E-state index in [2.05, 4.69) is 31.4 Å². The van der Waals surface area contributed by atoms with Gasteiger partial charge < -0.3 is 4.90 Å². The van der Waals surface area contributed by atoms with Gasteiger partial charge in [-0.2, -0.15) is 5.26 Å². The van der Waals surface area contributed by atoms with Crippen LogP contribution in [0.1, 0.15) is 13.8 Å². The van der Waals surface area contributed by atoms with E-state index in [0.29, 0.717) is 19.1 Å². The maximum atomic E-state index is 11.5. The van der Waals surface area contributed by atoms with Gasteiger partial charge >= 0.3 is 0 Å². The topological polar surface area (TPSA) is 47.3 Å². The van der Waals surface area contributed by atoms with E-state index in [0.717, 1.165) is 6.54 Å². The van der Waals surface area contributed by atoms with E-state index >= 15 is 0 Å². The average Bonchev–Trinajstić information content (AvgIpc) is 2.27.